The van der Waals surface area contributed by atoms with Crippen LogP contribution < -0.4 is 0 Å². The van der Waals surface area contributed by atoms with Crippen molar-refractivity contribution >= 4 is 0 Å². The first-order valence-electron chi connectivity index (χ1n) is 6.09. The van der Waals surface area contributed by atoms with Crippen LogP contribution >= 0.6 is 0 Å². The van der Waals surface area contributed by atoms with E-state index < -0.39 is 17.2 Å². The number of hydrogen-bond donors (Lipinski definition) is 1. The molecule has 2 aromatic rings. The van der Waals surface area contributed by atoms with E-state index in [1.807, 2.05) is 6.07 Å². The third-order valence-electron chi connectivity index (χ3n) is 3.15. The van der Waals surface area contributed by atoms with E-state index in [1.165, 1.54) is 6.07 Å². The SMILES string of the molecule is CC(O)(Cc1ccc(F)c(F)c1)c1cccc(C#N)c1. The van der Waals surface area contributed by atoms with Crippen molar-refractivity contribution in [2.45, 2.75) is 18.9 Å². The Morgan fingerprint density at radius 1 is 1.15 bits per heavy atom. The first-order chi connectivity index (χ1) is 9.42. The van der Waals surface area contributed by atoms with Crippen LogP contribution in [0.5, 0.6) is 0 Å². The average molecular weight is 273 g/mol. The molecule has 1 N–H and O–H groups in total. The molecule has 0 saturated heterocycles. The Labute approximate surface area is 115 Å². The molecule has 2 rings (SSSR count). The summed E-state index contributed by atoms with van der Waals surface area (Å²) in [6, 6.07) is 12.1. The molecule has 102 valence electrons. The molecule has 4 heteroatoms. The summed E-state index contributed by atoms with van der Waals surface area (Å²) in [5, 5.41) is 19.4. The van der Waals surface area contributed by atoms with Gasteiger partial charge in [-0.05, 0) is 42.3 Å². The Bertz CT molecular complexity index is 674. The number of halogens is 2. The van der Waals surface area contributed by atoms with Crippen molar-refractivity contribution in [1.82, 2.24) is 0 Å². The fraction of sp³-hybridized carbons (Fsp3) is 0.188. The van der Waals surface area contributed by atoms with Gasteiger partial charge in [-0.2, -0.15) is 5.26 Å². The quantitative estimate of drug-likeness (QED) is 0.932. The lowest BCUT2D eigenvalue weighted by Crippen LogP contribution is -2.24. The van der Waals surface area contributed by atoms with Crippen LogP contribution in [0.15, 0.2) is 42.5 Å². The van der Waals surface area contributed by atoms with E-state index in [1.54, 1.807) is 31.2 Å². The molecule has 0 saturated carbocycles. The minimum Gasteiger partial charge on any atom is -0.385 e. The van der Waals surface area contributed by atoms with Gasteiger partial charge in [-0.25, -0.2) is 8.78 Å². The predicted octanol–water partition coefficient (Wildman–Crippen LogP) is 3.29. The summed E-state index contributed by atoms with van der Waals surface area (Å²) in [6.07, 6.45) is 0.124. The van der Waals surface area contributed by atoms with E-state index in [-0.39, 0.29) is 6.42 Å². The summed E-state index contributed by atoms with van der Waals surface area (Å²) < 4.78 is 26.1. The molecule has 0 aromatic heterocycles. The molecular formula is C16H13F2NO. The smallest absolute Gasteiger partial charge is 0.159 e. The second-order valence-corrected chi connectivity index (χ2v) is 4.89. The highest BCUT2D eigenvalue weighted by Crippen LogP contribution is 2.26. The second kappa shape index (κ2) is 5.40. The summed E-state index contributed by atoms with van der Waals surface area (Å²) in [6.45, 7) is 1.57. The molecule has 1 unspecified atom stereocenters. The van der Waals surface area contributed by atoms with Gasteiger partial charge in [0.15, 0.2) is 11.6 Å². The van der Waals surface area contributed by atoms with Crippen LogP contribution in [-0.2, 0) is 12.0 Å². The highest BCUT2D eigenvalue weighted by molar-refractivity contribution is 5.36. The zero-order chi connectivity index (χ0) is 14.8. The topological polar surface area (TPSA) is 44.0 Å². The molecule has 0 aliphatic heterocycles. The Balaban J connectivity index is 2.30. The molecule has 0 aliphatic rings. The van der Waals surface area contributed by atoms with Gasteiger partial charge < -0.3 is 5.11 Å². The molecule has 20 heavy (non-hydrogen) atoms. The van der Waals surface area contributed by atoms with Gasteiger partial charge in [0.25, 0.3) is 0 Å². The number of nitrogens with zero attached hydrogens (tertiary/aromatic N) is 1. The number of benzene rings is 2. The van der Waals surface area contributed by atoms with Gasteiger partial charge in [-0.15, -0.1) is 0 Å². The van der Waals surface area contributed by atoms with Crippen LogP contribution in [0.4, 0.5) is 8.78 Å². The van der Waals surface area contributed by atoms with Crippen molar-refractivity contribution in [2.24, 2.45) is 0 Å². The lowest BCUT2D eigenvalue weighted by molar-refractivity contribution is 0.0575. The minimum atomic E-state index is -1.27. The van der Waals surface area contributed by atoms with Gasteiger partial charge in [0.1, 0.15) is 0 Å². The van der Waals surface area contributed by atoms with Gasteiger partial charge in [0.2, 0.25) is 0 Å². The first kappa shape index (κ1) is 14.2. The molecule has 0 heterocycles. The van der Waals surface area contributed by atoms with Gasteiger partial charge in [-0.3, -0.25) is 0 Å². The Kier molecular flexibility index (Phi) is 3.82. The summed E-state index contributed by atoms with van der Waals surface area (Å²) in [7, 11) is 0. The summed E-state index contributed by atoms with van der Waals surface area (Å²) >= 11 is 0. The summed E-state index contributed by atoms with van der Waals surface area (Å²) in [4.78, 5) is 0. The lowest BCUT2D eigenvalue weighted by atomic mass is 9.88. The molecule has 1 atom stereocenters. The van der Waals surface area contributed by atoms with Crippen LogP contribution in [0.1, 0.15) is 23.6 Å². The van der Waals surface area contributed by atoms with Gasteiger partial charge >= 0.3 is 0 Å². The number of rotatable bonds is 3. The predicted molar refractivity (Wildman–Crippen MR) is 70.8 cm³/mol. The van der Waals surface area contributed by atoms with Gasteiger partial charge in [-0.1, -0.05) is 18.2 Å². The van der Waals surface area contributed by atoms with E-state index in [0.29, 0.717) is 16.7 Å². The highest BCUT2D eigenvalue weighted by Gasteiger charge is 2.24. The molecular weight excluding hydrogens is 260 g/mol. The Morgan fingerprint density at radius 3 is 2.55 bits per heavy atom. The van der Waals surface area contributed by atoms with Gasteiger partial charge in [0, 0.05) is 6.42 Å². The minimum absolute atomic E-state index is 0.124. The van der Waals surface area contributed by atoms with Crippen LogP contribution in [0, 0.1) is 23.0 Å². The second-order valence-electron chi connectivity index (χ2n) is 4.89. The number of nitriles is 1. The lowest BCUT2D eigenvalue weighted by Gasteiger charge is -2.24. The normalized spacial score (nSPS) is 13.6. The molecule has 0 spiro atoms. The molecule has 0 fully saturated rings. The highest BCUT2D eigenvalue weighted by atomic mass is 19.2. The maximum atomic E-state index is 13.2. The number of aliphatic hydroxyl groups is 1. The molecule has 0 amide bonds. The van der Waals surface area contributed by atoms with Crippen LogP contribution in [-0.4, -0.2) is 5.11 Å². The Morgan fingerprint density at radius 2 is 1.90 bits per heavy atom. The zero-order valence-electron chi connectivity index (χ0n) is 10.9. The Hall–Kier alpha value is -2.25. The van der Waals surface area contributed by atoms with Crippen molar-refractivity contribution in [3.05, 3.63) is 70.8 Å². The van der Waals surface area contributed by atoms with E-state index in [9.17, 15) is 13.9 Å². The average Bonchev–Trinajstić information content (AvgIpc) is 2.43. The van der Waals surface area contributed by atoms with Crippen molar-refractivity contribution in [3.63, 3.8) is 0 Å². The van der Waals surface area contributed by atoms with Crippen molar-refractivity contribution in [3.8, 4) is 6.07 Å². The molecule has 0 aliphatic carbocycles. The van der Waals surface area contributed by atoms with Crippen molar-refractivity contribution < 1.29 is 13.9 Å². The maximum absolute atomic E-state index is 13.2. The van der Waals surface area contributed by atoms with E-state index in [4.69, 9.17) is 5.26 Å². The van der Waals surface area contributed by atoms with Crippen molar-refractivity contribution in [1.29, 1.82) is 5.26 Å². The monoisotopic (exact) mass is 273 g/mol. The fourth-order valence-electron chi connectivity index (χ4n) is 2.07. The standard InChI is InChI=1S/C16H13F2NO/c1-16(20,13-4-2-3-12(7-13)10-19)9-11-5-6-14(17)15(18)8-11/h2-8,20H,9H2,1H3. The van der Waals surface area contributed by atoms with E-state index >= 15 is 0 Å². The van der Waals surface area contributed by atoms with E-state index in [0.717, 1.165) is 12.1 Å². The van der Waals surface area contributed by atoms with Gasteiger partial charge in [0.05, 0.1) is 17.2 Å². The van der Waals surface area contributed by atoms with E-state index in [2.05, 4.69) is 0 Å². The molecule has 0 bridgehead atoms. The van der Waals surface area contributed by atoms with Crippen molar-refractivity contribution in [2.75, 3.05) is 0 Å². The molecule has 0 radical (unpaired) electrons. The molecule has 2 aromatic carbocycles. The van der Waals surface area contributed by atoms with Crippen LogP contribution in [0.2, 0.25) is 0 Å². The molecule has 2 nitrogen and oxygen atoms in total. The summed E-state index contributed by atoms with van der Waals surface area (Å²) in [5.41, 5.74) is 0.211. The summed E-state index contributed by atoms with van der Waals surface area (Å²) in [5.74, 6) is -1.86. The maximum Gasteiger partial charge on any atom is 0.159 e. The fourth-order valence-corrected chi connectivity index (χ4v) is 2.07. The van der Waals surface area contributed by atoms with Crippen LogP contribution in [0.25, 0.3) is 0 Å². The first-order valence-corrected chi connectivity index (χ1v) is 6.09. The largest absolute Gasteiger partial charge is 0.385 e. The third-order valence-corrected chi connectivity index (χ3v) is 3.15. The zero-order valence-corrected chi connectivity index (χ0v) is 10.9. The van der Waals surface area contributed by atoms with Crippen LogP contribution in [0.3, 0.4) is 0 Å². The third kappa shape index (κ3) is 3.01. The number of hydrogen-bond acceptors (Lipinski definition) is 2.